The van der Waals surface area contributed by atoms with Crippen LogP contribution in [0.2, 0.25) is 0 Å². The average molecular weight is 843 g/mol. The zero-order chi connectivity index (χ0) is 43.9. The van der Waals surface area contributed by atoms with Gasteiger partial charge in [0, 0.05) is 57.1 Å². The number of imide groups is 1. The van der Waals surface area contributed by atoms with E-state index in [1.54, 1.807) is 20.8 Å². The van der Waals surface area contributed by atoms with E-state index in [1.165, 1.54) is 16.7 Å². The molecular weight excluding hydrogens is 769 g/mol. The van der Waals surface area contributed by atoms with E-state index in [4.69, 9.17) is 26.7 Å². The van der Waals surface area contributed by atoms with E-state index in [0.717, 1.165) is 25.7 Å². The fraction of sp³-hybridized carbons (Fsp3) is 0.825. The quantitative estimate of drug-likeness (QED) is 0.0313. The third kappa shape index (κ3) is 21.3. The molecular formula is C40H74N8O9S. The second kappa shape index (κ2) is 27.7. The number of nitrogens with two attached hydrogens (primary N) is 3. The summed E-state index contributed by atoms with van der Waals surface area (Å²) < 4.78 is 10.9. The number of hydrogen-bond donors (Lipinski definition) is 7. The van der Waals surface area contributed by atoms with Crippen LogP contribution in [0.3, 0.4) is 0 Å². The Labute approximate surface area is 349 Å². The SMILES string of the molecule is CC.CC(=O)C1CCC(CN2C(=O)CC(SCC(N)C(=O)NCCCCC(NC(C)(C)C(=O)CCC(=O)NCCOCCOCCNC(C)(C)N)C(N)=O)C2=O)CC1. The highest BCUT2D eigenvalue weighted by molar-refractivity contribution is 8.00. The maximum atomic E-state index is 13.0. The molecule has 17 nitrogen and oxygen atoms in total. The summed E-state index contributed by atoms with van der Waals surface area (Å²) in [6, 6.07) is -1.68. The van der Waals surface area contributed by atoms with E-state index < -0.39 is 34.4 Å². The molecule has 1 aliphatic carbocycles. The zero-order valence-electron chi connectivity index (χ0n) is 36.1. The van der Waals surface area contributed by atoms with E-state index in [2.05, 4.69) is 21.3 Å². The van der Waals surface area contributed by atoms with Crippen LogP contribution in [0.1, 0.15) is 113 Å². The van der Waals surface area contributed by atoms with Gasteiger partial charge in [-0.2, -0.15) is 0 Å². The number of Topliss-reactive ketones (excluding diaryl/α,β-unsaturated/α-hetero) is 2. The van der Waals surface area contributed by atoms with Crippen molar-refractivity contribution in [1.82, 2.24) is 26.2 Å². The number of thioether (sulfide) groups is 1. The minimum Gasteiger partial charge on any atom is -0.378 e. The molecule has 0 aromatic carbocycles. The largest absolute Gasteiger partial charge is 0.378 e. The van der Waals surface area contributed by atoms with Crippen LogP contribution in [0.4, 0.5) is 0 Å². The molecule has 1 saturated heterocycles. The fourth-order valence-electron chi connectivity index (χ4n) is 6.56. The number of primary amides is 1. The maximum absolute atomic E-state index is 13.0. The number of unbranched alkanes of at least 4 members (excludes halogenated alkanes) is 1. The van der Waals surface area contributed by atoms with Gasteiger partial charge in [-0.25, -0.2) is 0 Å². The van der Waals surface area contributed by atoms with Crippen LogP contribution in [-0.2, 0) is 43.0 Å². The Hall–Kier alpha value is -3.00. The summed E-state index contributed by atoms with van der Waals surface area (Å²) in [5, 5.41) is 11.1. The summed E-state index contributed by atoms with van der Waals surface area (Å²) in [5.74, 6) is -1.37. The maximum Gasteiger partial charge on any atom is 0.242 e. The average Bonchev–Trinajstić information content (AvgIpc) is 3.43. The van der Waals surface area contributed by atoms with Crippen molar-refractivity contribution in [3.63, 3.8) is 0 Å². The van der Waals surface area contributed by atoms with E-state index in [1.807, 2.05) is 27.7 Å². The van der Waals surface area contributed by atoms with Crippen LogP contribution in [0.25, 0.3) is 0 Å². The van der Waals surface area contributed by atoms with Crippen molar-refractivity contribution in [1.29, 1.82) is 0 Å². The lowest BCUT2D eigenvalue weighted by Crippen LogP contribution is -2.55. The van der Waals surface area contributed by atoms with Gasteiger partial charge in [0.25, 0.3) is 0 Å². The minimum atomic E-state index is -1.12. The van der Waals surface area contributed by atoms with Gasteiger partial charge in [-0.15, -0.1) is 11.8 Å². The molecule has 0 aromatic heterocycles. The molecule has 1 aliphatic heterocycles. The highest BCUT2D eigenvalue weighted by atomic mass is 32.2. The number of carbonyl (C=O) groups excluding carboxylic acids is 7. The first-order chi connectivity index (χ1) is 27.3. The summed E-state index contributed by atoms with van der Waals surface area (Å²) in [5.41, 5.74) is 16.0. The first-order valence-corrected chi connectivity index (χ1v) is 21.9. The van der Waals surface area contributed by atoms with Crippen molar-refractivity contribution in [2.75, 3.05) is 58.4 Å². The molecule has 0 aromatic rings. The Kier molecular flexibility index (Phi) is 25.3. The Balaban J connectivity index is 0.00000827. The van der Waals surface area contributed by atoms with Gasteiger partial charge in [-0.05, 0) is 85.5 Å². The lowest BCUT2D eigenvalue weighted by molar-refractivity contribution is -0.139. The molecule has 0 bridgehead atoms. The second-order valence-electron chi connectivity index (χ2n) is 16.0. The molecule has 334 valence electrons. The lowest BCUT2D eigenvalue weighted by atomic mass is 9.80. The van der Waals surface area contributed by atoms with Gasteiger partial charge in [0.05, 0.1) is 55.0 Å². The Morgan fingerprint density at radius 2 is 1.50 bits per heavy atom. The van der Waals surface area contributed by atoms with Crippen molar-refractivity contribution >= 4 is 52.9 Å². The standard InChI is InChI=1S/C38H68N8O9S.C2H6/c1-25(47)27-11-9-26(10-12-27)23-46-33(50)22-30(36(46)53)56-24-28(39)35(52)43-15-7-6-8-29(34(40)51)45-37(2,3)31(48)13-14-32(49)42-16-18-54-20-21-55-19-17-44-38(4,5)41;1-2/h26-30,44-45H,6-24,39,41H2,1-5H3,(H2,40,51)(H,42,49)(H,43,52);1-2H3. The van der Waals surface area contributed by atoms with Crippen LogP contribution >= 0.6 is 11.8 Å². The third-order valence-electron chi connectivity index (χ3n) is 10.0. The zero-order valence-corrected chi connectivity index (χ0v) is 36.9. The first-order valence-electron chi connectivity index (χ1n) is 20.9. The third-order valence-corrected chi connectivity index (χ3v) is 11.3. The van der Waals surface area contributed by atoms with Crippen molar-refractivity contribution < 1.29 is 43.0 Å². The molecule has 3 unspecified atom stereocenters. The molecule has 1 saturated carbocycles. The summed E-state index contributed by atoms with van der Waals surface area (Å²) in [6.07, 6.45) is 4.59. The van der Waals surface area contributed by atoms with Crippen LogP contribution in [0.15, 0.2) is 0 Å². The monoisotopic (exact) mass is 843 g/mol. The van der Waals surface area contributed by atoms with Crippen molar-refractivity contribution in [3.05, 3.63) is 0 Å². The van der Waals surface area contributed by atoms with Gasteiger partial charge in [0.2, 0.25) is 29.5 Å². The lowest BCUT2D eigenvalue weighted by Gasteiger charge is -2.29. The van der Waals surface area contributed by atoms with Gasteiger partial charge in [0.1, 0.15) is 5.78 Å². The number of rotatable bonds is 29. The summed E-state index contributed by atoms with van der Waals surface area (Å²) in [4.78, 5) is 88.7. The molecule has 0 spiro atoms. The number of amides is 5. The molecule has 3 atom stereocenters. The predicted octanol–water partition coefficient (Wildman–Crippen LogP) is 0.888. The van der Waals surface area contributed by atoms with Gasteiger partial charge in [-0.3, -0.25) is 49.1 Å². The number of likely N-dealkylation sites (tertiary alicyclic amines) is 1. The smallest absolute Gasteiger partial charge is 0.242 e. The summed E-state index contributed by atoms with van der Waals surface area (Å²) >= 11 is 1.21. The van der Waals surface area contributed by atoms with Gasteiger partial charge >= 0.3 is 0 Å². The van der Waals surface area contributed by atoms with Crippen LogP contribution < -0.4 is 38.5 Å². The molecule has 2 fully saturated rings. The van der Waals surface area contributed by atoms with E-state index in [-0.39, 0.29) is 72.0 Å². The number of hydrogen-bond acceptors (Lipinski definition) is 14. The van der Waals surface area contributed by atoms with E-state index >= 15 is 0 Å². The minimum absolute atomic E-state index is 0.0164. The van der Waals surface area contributed by atoms with Crippen LogP contribution in [-0.4, -0.2) is 133 Å². The molecule has 18 heteroatoms. The number of ketones is 2. The van der Waals surface area contributed by atoms with Crippen molar-refractivity contribution in [3.8, 4) is 0 Å². The molecule has 2 aliphatic rings. The second-order valence-corrected chi connectivity index (χ2v) is 17.2. The molecule has 58 heavy (non-hydrogen) atoms. The Morgan fingerprint density at radius 1 is 0.879 bits per heavy atom. The van der Waals surface area contributed by atoms with E-state index in [9.17, 15) is 33.6 Å². The fourth-order valence-corrected chi connectivity index (χ4v) is 7.68. The van der Waals surface area contributed by atoms with Crippen molar-refractivity contribution in [2.45, 2.75) is 141 Å². The molecule has 10 N–H and O–H groups in total. The highest BCUT2D eigenvalue weighted by Gasteiger charge is 2.41. The predicted molar refractivity (Wildman–Crippen MR) is 225 cm³/mol. The van der Waals surface area contributed by atoms with Gasteiger partial charge in [-0.1, -0.05) is 13.8 Å². The van der Waals surface area contributed by atoms with Crippen LogP contribution in [0, 0.1) is 11.8 Å². The Morgan fingerprint density at radius 3 is 2.09 bits per heavy atom. The normalized spacial score (nSPS) is 19.5. The molecule has 1 heterocycles. The number of nitrogens with one attached hydrogen (secondary N) is 4. The summed E-state index contributed by atoms with van der Waals surface area (Å²) in [6.45, 7) is 15.8. The molecule has 0 radical (unpaired) electrons. The molecule has 5 amide bonds. The number of ether oxygens (including phenoxy) is 2. The van der Waals surface area contributed by atoms with Crippen LogP contribution in [0.5, 0.6) is 0 Å². The topological polar surface area (TPSA) is 267 Å². The van der Waals surface area contributed by atoms with E-state index in [0.29, 0.717) is 71.9 Å². The number of carbonyl (C=O) groups is 7. The van der Waals surface area contributed by atoms with Gasteiger partial charge in [0.15, 0.2) is 5.78 Å². The Bertz CT molecular complexity index is 1320. The van der Waals surface area contributed by atoms with Gasteiger partial charge < -0.3 is 37.3 Å². The highest BCUT2D eigenvalue weighted by Crippen LogP contribution is 2.32. The first kappa shape index (κ1) is 53.0. The number of nitrogens with zero attached hydrogens (tertiary/aromatic N) is 1. The molecule has 2 rings (SSSR count). The van der Waals surface area contributed by atoms with Crippen molar-refractivity contribution in [2.24, 2.45) is 29.0 Å². The summed E-state index contributed by atoms with van der Waals surface area (Å²) in [7, 11) is 0.